The maximum Gasteiger partial charge on any atom is 0.397 e. The zero-order valence-corrected chi connectivity index (χ0v) is 16.9. The fraction of sp³-hybridized carbons (Fsp3) is 1.00. The van der Waals surface area contributed by atoms with Crippen LogP contribution in [0.5, 0.6) is 0 Å². The van der Waals surface area contributed by atoms with Crippen molar-refractivity contribution < 1.29 is 79.2 Å². The first-order valence-electron chi connectivity index (χ1n) is 8.39. The average molecular weight is 502 g/mol. The predicted octanol–water partition coefficient (Wildman–Crippen LogP) is -5.74. The van der Waals surface area contributed by atoms with Crippen molar-refractivity contribution in [1.82, 2.24) is 0 Å². The summed E-state index contributed by atoms with van der Waals surface area (Å²) in [7, 11) is -10.3. The zero-order chi connectivity index (χ0) is 23.7. The van der Waals surface area contributed by atoms with Crippen LogP contribution in [0.3, 0.4) is 0 Å². The van der Waals surface area contributed by atoms with Gasteiger partial charge < -0.3 is 44.8 Å². The molecule has 0 aromatic rings. The van der Waals surface area contributed by atoms with E-state index in [2.05, 4.69) is 8.37 Å². The Bertz CT molecular complexity index is 796. The molecule has 2 aliphatic heterocycles. The van der Waals surface area contributed by atoms with Crippen LogP contribution in [0.1, 0.15) is 0 Å². The summed E-state index contributed by atoms with van der Waals surface area (Å²) >= 11 is 0. The molecule has 2 saturated heterocycles. The minimum absolute atomic E-state index is 0.850. The Morgan fingerprint density at radius 1 is 0.742 bits per heavy atom. The molecule has 0 spiro atoms. The van der Waals surface area contributed by atoms with Crippen molar-refractivity contribution in [2.24, 2.45) is 0 Å². The fourth-order valence-electron chi connectivity index (χ4n) is 2.94. The summed E-state index contributed by atoms with van der Waals surface area (Å²) in [5, 5.41) is 59.1. The van der Waals surface area contributed by atoms with Gasteiger partial charge in [0.15, 0.2) is 18.7 Å². The van der Waals surface area contributed by atoms with E-state index in [1.54, 1.807) is 0 Å². The SMILES string of the molecule is O=S(=O)(O)OC[C@H]1OC(O)[C@H](OS(=O)(=O)O)[C@@H](O)[C@@H]1O[C@@H]1O[C@H](CO)[C@H](O)[C@H](O)[C@H]1O. The molecule has 0 radical (unpaired) electrons. The molecular formula is C12H22O17S2. The lowest BCUT2D eigenvalue weighted by Gasteiger charge is -2.45. The van der Waals surface area contributed by atoms with E-state index in [-0.39, 0.29) is 0 Å². The van der Waals surface area contributed by atoms with Crippen LogP contribution in [-0.4, -0.2) is 131 Å². The highest BCUT2D eigenvalue weighted by atomic mass is 32.3. The van der Waals surface area contributed by atoms with Crippen molar-refractivity contribution in [3.05, 3.63) is 0 Å². The third-order valence-corrected chi connectivity index (χ3v) is 5.29. The lowest BCUT2D eigenvalue weighted by molar-refractivity contribution is -0.352. The van der Waals surface area contributed by atoms with Crippen LogP contribution in [0.2, 0.25) is 0 Å². The normalized spacial score (nSPS) is 42.5. The van der Waals surface area contributed by atoms with Crippen LogP contribution in [0.4, 0.5) is 0 Å². The van der Waals surface area contributed by atoms with Gasteiger partial charge in [0.1, 0.15) is 42.7 Å². The van der Waals surface area contributed by atoms with Crippen molar-refractivity contribution >= 4 is 20.8 Å². The molecule has 2 rings (SSSR count). The van der Waals surface area contributed by atoms with Gasteiger partial charge in [0.05, 0.1) is 13.2 Å². The zero-order valence-electron chi connectivity index (χ0n) is 15.3. The van der Waals surface area contributed by atoms with Gasteiger partial charge in [0.2, 0.25) is 0 Å². The molecule has 10 atom stereocenters. The summed E-state index contributed by atoms with van der Waals surface area (Å²) < 4.78 is 84.4. The summed E-state index contributed by atoms with van der Waals surface area (Å²) in [5.74, 6) is 0. The van der Waals surface area contributed by atoms with Crippen LogP contribution in [0.15, 0.2) is 0 Å². The Labute approximate surface area is 175 Å². The Morgan fingerprint density at radius 2 is 1.35 bits per heavy atom. The molecule has 0 bridgehead atoms. The molecule has 0 aromatic heterocycles. The number of hydrogen-bond acceptors (Lipinski definition) is 15. The lowest BCUT2D eigenvalue weighted by Crippen LogP contribution is -2.65. The Kier molecular flexibility index (Phi) is 8.68. The molecule has 1 unspecified atom stereocenters. The first-order chi connectivity index (χ1) is 14.1. The van der Waals surface area contributed by atoms with E-state index in [1.165, 1.54) is 0 Å². The first kappa shape index (κ1) is 26.6. The molecule has 184 valence electrons. The lowest BCUT2D eigenvalue weighted by atomic mass is 9.97. The summed E-state index contributed by atoms with van der Waals surface area (Å²) in [4.78, 5) is 0. The van der Waals surface area contributed by atoms with E-state index in [1.807, 2.05) is 0 Å². The van der Waals surface area contributed by atoms with Crippen LogP contribution in [0.25, 0.3) is 0 Å². The molecule has 8 N–H and O–H groups in total. The van der Waals surface area contributed by atoms with Crippen molar-refractivity contribution in [3.8, 4) is 0 Å². The molecule has 0 amide bonds. The van der Waals surface area contributed by atoms with E-state index in [0.29, 0.717) is 0 Å². The average Bonchev–Trinajstić information content (AvgIpc) is 2.64. The molecule has 19 heteroatoms. The Morgan fingerprint density at radius 3 is 1.87 bits per heavy atom. The largest absolute Gasteiger partial charge is 0.397 e. The minimum atomic E-state index is -5.25. The van der Waals surface area contributed by atoms with Gasteiger partial charge >= 0.3 is 20.8 Å². The molecule has 31 heavy (non-hydrogen) atoms. The van der Waals surface area contributed by atoms with Crippen LogP contribution >= 0.6 is 0 Å². The summed E-state index contributed by atoms with van der Waals surface area (Å²) in [6, 6.07) is 0. The standard InChI is InChI=1S/C12H22O17S2/c13-1-3-5(14)6(15)7(16)12(27-3)28-9-4(2-25-30(19,20)21)26-11(18)10(8(9)17)29-31(22,23)24/h3-18H,1-2H2,(H,19,20,21)(H,22,23,24)/t3-,4-,5+,6+,7-,8+,9-,10-,11?,12+/m1/s1. The summed E-state index contributed by atoms with van der Waals surface area (Å²) in [5.41, 5.74) is 0. The first-order valence-corrected chi connectivity index (χ1v) is 11.1. The van der Waals surface area contributed by atoms with Crippen LogP contribution in [-0.2, 0) is 43.4 Å². The van der Waals surface area contributed by atoms with Gasteiger partial charge in [-0.1, -0.05) is 0 Å². The molecular weight excluding hydrogens is 480 g/mol. The van der Waals surface area contributed by atoms with Gasteiger partial charge in [-0.25, -0.2) is 8.37 Å². The quantitative estimate of drug-likeness (QED) is 0.143. The van der Waals surface area contributed by atoms with Crippen molar-refractivity contribution in [2.75, 3.05) is 13.2 Å². The number of aliphatic hydroxyl groups is 6. The van der Waals surface area contributed by atoms with Gasteiger partial charge in [0, 0.05) is 0 Å². The van der Waals surface area contributed by atoms with Gasteiger partial charge in [-0.2, -0.15) is 16.8 Å². The topological polar surface area (TPSA) is 276 Å². The molecule has 0 aromatic carbocycles. The van der Waals surface area contributed by atoms with Gasteiger partial charge in [-0.3, -0.25) is 9.11 Å². The summed E-state index contributed by atoms with van der Waals surface area (Å²) in [6.45, 7) is -1.97. The van der Waals surface area contributed by atoms with Gasteiger partial charge in [-0.05, 0) is 0 Å². The van der Waals surface area contributed by atoms with E-state index >= 15 is 0 Å². The Balaban J connectivity index is 2.29. The monoisotopic (exact) mass is 502 g/mol. The molecule has 0 aliphatic carbocycles. The Hall–Kier alpha value is -0.620. The minimum Gasteiger partial charge on any atom is -0.394 e. The second kappa shape index (κ2) is 10.1. The highest BCUT2D eigenvalue weighted by molar-refractivity contribution is 7.81. The fourth-order valence-corrected chi connectivity index (χ4v) is 3.74. The van der Waals surface area contributed by atoms with E-state index in [4.69, 9.17) is 23.3 Å². The van der Waals surface area contributed by atoms with E-state index in [0.717, 1.165) is 0 Å². The smallest absolute Gasteiger partial charge is 0.394 e. The number of hydrogen-bond donors (Lipinski definition) is 8. The molecule has 17 nitrogen and oxygen atoms in total. The summed E-state index contributed by atoms with van der Waals surface area (Å²) in [6.07, 6.45) is -19.5. The second-order valence-electron chi connectivity index (χ2n) is 6.55. The van der Waals surface area contributed by atoms with Gasteiger partial charge in [-0.15, -0.1) is 0 Å². The van der Waals surface area contributed by atoms with Crippen LogP contribution < -0.4 is 0 Å². The van der Waals surface area contributed by atoms with Crippen molar-refractivity contribution in [3.63, 3.8) is 0 Å². The number of ether oxygens (including phenoxy) is 3. The number of aliphatic hydroxyl groups excluding tert-OH is 6. The van der Waals surface area contributed by atoms with Gasteiger partial charge in [0.25, 0.3) is 0 Å². The maximum atomic E-state index is 11.0. The third kappa shape index (κ3) is 6.93. The highest BCUT2D eigenvalue weighted by Crippen LogP contribution is 2.30. The molecule has 2 aliphatic rings. The van der Waals surface area contributed by atoms with Crippen molar-refractivity contribution in [2.45, 2.75) is 61.4 Å². The third-order valence-electron chi connectivity index (χ3n) is 4.39. The van der Waals surface area contributed by atoms with E-state index in [9.17, 15) is 47.5 Å². The van der Waals surface area contributed by atoms with E-state index < -0.39 is 95.4 Å². The number of rotatable bonds is 8. The molecule has 0 saturated carbocycles. The molecule has 2 fully saturated rings. The van der Waals surface area contributed by atoms with Crippen molar-refractivity contribution in [1.29, 1.82) is 0 Å². The molecule has 2 heterocycles. The predicted molar refractivity (Wildman–Crippen MR) is 89.4 cm³/mol. The maximum absolute atomic E-state index is 11.0. The second-order valence-corrected chi connectivity index (χ2v) is 8.69. The van der Waals surface area contributed by atoms with Crippen LogP contribution in [0, 0.1) is 0 Å². The highest BCUT2D eigenvalue weighted by Gasteiger charge is 2.52.